The number of benzene rings is 2. The number of ether oxygens (including phenoxy) is 2. The zero-order chi connectivity index (χ0) is 17.8. The second kappa shape index (κ2) is 7.93. The Morgan fingerprint density at radius 3 is 2.84 bits per heavy atom. The van der Waals surface area contributed by atoms with Gasteiger partial charge in [-0.25, -0.2) is 0 Å². The molecule has 3 rings (SSSR count). The molecule has 4 nitrogen and oxygen atoms in total. The maximum absolute atomic E-state index is 12.4. The van der Waals surface area contributed by atoms with Crippen LogP contribution < -0.4 is 14.8 Å². The molecule has 132 valence electrons. The van der Waals surface area contributed by atoms with Crippen LogP contribution in [0.25, 0.3) is 0 Å². The summed E-state index contributed by atoms with van der Waals surface area (Å²) in [4.78, 5) is 12.6. The van der Waals surface area contributed by atoms with Gasteiger partial charge in [0, 0.05) is 10.6 Å². The van der Waals surface area contributed by atoms with Crippen molar-refractivity contribution in [1.82, 2.24) is 0 Å². The highest BCUT2D eigenvalue weighted by atomic mass is 35.5. The molecular formula is C17H14ClF2NO3S. The van der Waals surface area contributed by atoms with E-state index in [-0.39, 0.29) is 12.3 Å². The van der Waals surface area contributed by atoms with E-state index in [1.165, 1.54) is 6.07 Å². The van der Waals surface area contributed by atoms with E-state index in [4.69, 9.17) is 21.1 Å². The number of thioether (sulfide) groups is 1. The normalized spacial score (nSPS) is 13.0. The lowest BCUT2D eigenvalue weighted by molar-refractivity contribution is -0.115. The number of halogens is 3. The molecule has 0 aliphatic carbocycles. The highest BCUT2D eigenvalue weighted by Gasteiger charge is 2.18. The monoisotopic (exact) mass is 385 g/mol. The Labute approximate surface area is 152 Å². The van der Waals surface area contributed by atoms with Crippen molar-refractivity contribution in [2.45, 2.75) is 17.1 Å². The Bertz CT molecular complexity index is 788. The smallest absolute Gasteiger partial charge is 0.288 e. The topological polar surface area (TPSA) is 47.6 Å². The van der Waals surface area contributed by atoms with Crippen LogP contribution in [0.4, 0.5) is 14.5 Å². The Morgan fingerprint density at radius 1 is 1.24 bits per heavy atom. The predicted molar refractivity (Wildman–Crippen MR) is 93.1 cm³/mol. The summed E-state index contributed by atoms with van der Waals surface area (Å²) < 4.78 is 35.8. The summed E-state index contributed by atoms with van der Waals surface area (Å²) in [6.45, 7) is 0.854. The lowest BCUT2D eigenvalue weighted by atomic mass is 10.1. The fraction of sp³-hybridized carbons (Fsp3) is 0.235. The fourth-order valence-electron chi connectivity index (χ4n) is 2.41. The molecule has 0 saturated carbocycles. The van der Waals surface area contributed by atoms with Crippen LogP contribution in [-0.2, 0) is 11.2 Å². The first-order chi connectivity index (χ1) is 12.0. The van der Waals surface area contributed by atoms with Crippen LogP contribution >= 0.6 is 23.4 Å². The maximum atomic E-state index is 12.4. The summed E-state index contributed by atoms with van der Waals surface area (Å²) in [5.41, 5.74) is 1.13. The van der Waals surface area contributed by atoms with E-state index in [1.807, 2.05) is 0 Å². The quantitative estimate of drug-likeness (QED) is 0.764. The minimum absolute atomic E-state index is 0.0720. The van der Waals surface area contributed by atoms with Crippen LogP contribution in [0.5, 0.6) is 11.5 Å². The Kier molecular flexibility index (Phi) is 5.65. The van der Waals surface area contributed by atoms with Crippen molar-refractivity contribution in [3.63, 3.8) is 0 Å². The number of rotatable bonds is 5. The molecule has 0 aromatic heterocycles. The summed E-state index contributed by atoms with van der Waals surface area (Å²) >= 11 is 6.58. The molecule has 1 aliphatic heterocycles. The molecule has 25 heavy (non-hydrogen) atoms. The van der Waals surface area contributed by atoms with E-state index in [9.17, 15) is 13.6 Å². The number of amides is 1. The minimum Gasteiger partial charge on any atom is -0.486 e. The molecule has 1 heterocycles. The Hall–Kier alpha value is -1.99. The second-order valence-electron chi connectivity index (χ2n) is 5.23. The molecule has 1 aliphatic rings. The van der Waals surface area contributed by atoms with E-state index in [1.54, 1.807) is 30.3 Å². The third kappa shape index (κ3) is 4.76. The van der Waals surface area contributed by atoms with Gasteiger partial charge in [0.05, 0.1) is 11.4 Å². The number of carbonyl (C=O) groups is 1. The Morgan fingerprint density at radius 2 is 2.04 bits per heavy atom. The van der Waals surface area contributed by atoms with Gasteiger partial charge in [0.1, 0.15) is 13.2 Å². The number of carbonyl (C=O) groups excluding carboxylic acids is 1. The first kappa shape index (κ1) is 17.8. The van der Waals surface area contributed by atoms with Crippen molar-refractivity contribution in [2.24, 2.45) is 0 Å². The molecule has 2 aromatic rings. The van der Waals surface area contributed by atoms with Crippen molar-refractivity contribution >= 4 is 35.0 Å². The van der Waals surface area contributed by atoms with Gasteiger partial charge in [0.25, 0.3) is 5.76 Å². The van der Waals surface area contributed by atoms with Gasteiger partial charge in [-0.2, -0.15) is 8.78 Å². The molecule has 0 saturated heterocycles. The van der Waals surface area contributed by atoms with Crippen molar-refractivity contribution < 1.29 is 23.0 Å². The molecule has 0 unspecified atom stereocenters. The highest BCUT2D eigenvalue weighted by Crippen LogP contribution is 2.38. The zero-order valence-electron chi connectivity index (χ0n) is 12.9. The lowest BCUT2D eigenvalue weighted by Gasteiger charge is -2.20. The number of hydrogen-bond donors (Lipinski definition) is 1. The van der Waals surface area contributed by atoms with E-state index in [0.717, 1.165) is 0 Å². The molecule has 0 bridgehead atoms. The van der Waals surface area contributed by atoms with Gasteiger partial charge < -0.3 is 14.8 Å². The molecule has 2 aromatic carbocycles. The molecule has 0 spiro atoms. The van der Waals surface area contributed by atoms with Gasteiger partial charge in [-0.3, -0.25) is 4.79 Å². The van der Waals surface area contributed by atoms with Crippen LogP contribution in [0.1, 0.15) is 5.56 Å². The molecule has 0 fully saturated rings. The average Bonchev–Trinajstić information content (AvgIpc) is 2.54. The van der Waals surface area contributed by atoms with Gasteiger partial charge in [-0.15, -0.1) is 0 Å². The number of hydrogen-bond acceptors (Lipinski definition) is 4. The standard InChI is InChI=1S/C17H14ClF2NO3S/c18-13-6-10(7-14-16(13)24-5-4-23-14)8-15(22)21-11-2-1-3-12(9-11)25-17(19)20/h1-3,6-7,9,17H,4-5,8H2,(H,21,22). The van der Waals surface area contributed by atoms with E-state index in [0.29, 0.717) is 57.6 Å². The first-order valence-corrected chi connectivity index (χ1v) is 8.70. The van der Waals surface area contributed by atoms with Gasteiger partial charge >= 0.3 is 0 Å². The SMILES string of the molecule is O=C(Cc1cc(Cl)c2c(c1)OCCO2)Nc1cccc(SC(F)F)c1. The van der Waals surface area contributed by atoms with E-state index in [2.05, 4.69) is 5.32 Å². The summed E-state index contributed by atoms with van der Waals surface area (Å²) in [5, 5.41) is 3.08. The third-order valence-corrected chi connectivity index (χ3v) is 4.35. The first-order valence-electron chi connectivity index (χ1n) is 7.44. The zero-order valence-corrected chi connectivity index (χ0v) is 14.5. The van der Waals surface area contributed by atoms with Crippen molar-refractivity contribution in [1.29, 1.82) is 0 Å². The summed E-state index contributed by atoms with van der Waals surface area (Å²) in [6, 6.07) is 9.69. The summed E-state index contributed by atoms with van der Waals surface area (Å²) in [7, 11) is 0. The van der Waals surface area contributed by atoms with Crippen LogP contribution in [0, 0.1) is 0 Å². The maximum Gasteiger partial charge on any atom is 0.288 e. The number of alkyl halides is 2. The van der Waals surface area contributed by atoms with E-state index >= 15 is 0 Å². The molecule has 0 atom stereocenters. The fourth-order valence-corrected chi connectivity index (χ4v) is 3.25. The molecule has 1 N–H and O–H groups in total. The van der Waals surface area contributed by atoms with Crippen molar-refractivity contribution in [3.05, 3.63) is 47.0 Å². The van der Waals surface area contributed by atoms with E-state index < -0.39 is 5.76 Å². The van der Waals surface area contributed by atoms with Crippen LogP contribution in [0.2, 0.25) is 5.02 Å². The van der Waals surface area contributed by atoms with Gasteiger partial charge in [-0.05, 0) is 35.9 Å². The predicted octanol–water partition coefficient (Wildman–Crippen LogP) is 4.61. The van der Waals surface area contributed by atoms with Crippen LogP contribution in [-0.4, -0.2) is 24.9 Å². The minimum atomic E-state index is -2.51. The van der Waals surface area contributed by atoms with Crippen molar-refractivity contribution in [3.8, 4) is 11.5 Å². The van der Waals surface area contributed by atoms with Gasteiger partial charge in [-0.1, -0.05) is 29.4 Å². The lowest BCUT2D eigenvalue weighted by Crippen LogP contribution is -2.17. The number of fused-ring (bicyclic) bond motifs is 1. The molecule has 1 amide bonds. The van der Waals surface area contributed by atoms with Crippen LogP contribution in [0.15, 0.2) is 41.3 Å². The van der Waals surface area contributed by atoms with Gasteiger partial charge in [0.15, 0.2) is 11.5 Å². The van der Waals surface area contributed by atoms with Crippen molar-refractivity contribution in [2.75, 3.05) is 18.5 Å². The largest absolute Gasteiger partial charge is 0.486 e. The molecule has 0 radical (unpaired) electrons. The van der Waals surface area contributed by atoms with Crippen LogP contribution in [0.3, 0.4) is 0 Å². The Balaban J connectivity index is 1.68. The summed E-state index contributed by atoms with van der Waals surface area (Å²) in [5.74, 6) is -1.80. The van der Waals surface area contributed by atoms with Gasteiger partial charge in [0.2, 0.25) is 5.91 Å². The number of anilines is 1. The summed E-state index contributed by atoms with van der Waals surface area (Å²) in [6.07, 6.45) is 0.0720. The average molecular weight is 386 g/mol. The molecule has 8 heteroatoms. The highest BCUT2D eigenvalue weighted by molar-refractivity contribution is 7.99. The number of nitrogens with one attached hydrogen (secondary N) is 1. The second-order valence-corrected chi connectivity index (χ2v) is 6.70. The molecular weight excluding hydrogens is 372 g/mol. The third-order valence-electron chi connectivity index (χ3n) is 3.36.